The highest BCUT2D eigenvalue weighted by atomic mass is 19.4. The molecule has 21 heavy (non-hydrogen) atoms. The second-order valence-electron chi connectivity index (χ2n) is 4.54. The Morgan fingerprint density at radius 2 is 1.95 bits per heavy atom. The van der Waals surface area contributed by atoms with Crippen LogP contribution in [-0.2, 0) is 6.54 Å². The van der Waals surface area contributed by atoms with E-state index in [1.165, 1.54) is 12.1 Å². The first-order valence-corrected chi connectivity index (χ1v) is 6.42. The van der Waals surface area contributed by atoms with Gasteiger partial charge in [0.25, 0.3) is 0 Å². The number of aromatic nitrogens is 1. The molecule has 112 valence electrons. The van der Waals surface area contributed by atoms with Crippen molar-refractivity contribution in [3.8, 4) is 5.75 Å². The number of para-hydroxylation sites is 1. The Morgan fingerprint density at radius 1 is 1.19 bits per heavy atom. The van der Waals surface area contributed by atoms with Gasteiger partial charge in [0.15, 0.2) is 0 Å². The normalized spacial score (nSPS) is 13.0. The third-order valence-corrected chi connectivity index (χ3v) is 2.98. The summed E-state index contributed by atoms with van der Waals surface area (Å²) in [4.78, 5) is 4.01. The van der Waals surface area contributed by atoms with Gasteiger partial charge in [-0.1, -0.05) is 24.3 Å². The number of hydrogen-bond acceptors (Lipinski definition) is 3. The highest BCUT2D eigenvalue weighted by Gasteiger charge is 2.31. The monoisotopic (exact) mass is 296 g/mol. The predicted molar refractivity (Wildman–Crippen MR) is 72.6 cm³/mol. The lowest BCUT2D eigenvalue weighted by Crippen LogP contribution is -2.21. The summed E-state index contributed by atoms with van der Waals surface area (Å²) in [5.74, 6) is -0.184. The zero-order chi connectivity index (χ0) is 15.3. The van der Waals surface area contributed by atoms with E-state index in [1.54, 1.807) is 24.5 Å². The Bertz CT molecular complexity index is 573. The standard InChI is InChI=1S/C15H15F3N2O/c1-11(12-6-4-8-19-9-12)20-10-13-5-2-3-7-14(13)21-15(16,17)18/h2-9,11,20H,10H2,1H3/t11-/m1/s1. The molecule has 2 rings (SSSR count). The Kier molecular flexibility index (Phi) is 4.80. The molecule has 1 atom stereocenters. The molecule has 1 aromatic carbocycles. The second-order valence-corrected chi connectivity index (χ2v) is 4.54. The Balaban J connectivity index is 2.03. The molecule has 0 aliphatic rings. The van der Waals surface area contributed by atoms with E-state index >= 15 is 0 Å². The molecule has 0 unspecified atom stereocenters. The van der Waals surface area contributed by atoms with Crippen molar-refractivity contribution >= 4 is 0 Å². The van der Waals surface area contributed by atoms with E-state index in [9.17, 15) is 13.2 Å². The molecular formula is C15H15F3N2O. The fourth-order valence-corrected chi connectivity index (χ4v) is 1.89. The van der Waals surface area contributed by atoms with Crippen molar-refractivity contribution in [3.63, 3.8) is 0 Å². The minimum Gasteiger partial charge on any atom is -0.405 e. The van der Waals surface area contributed by atoms with Crippen LogP contribution in [0.5, 0.6) is 5.75 Å². The molecule has 0 spiro atoms. The molecule has 0 bridgehead atoms. The summed E-state index contributed by atoms with van der Waals surface area (Å²) in [7, 11) is 0. The number of rotatable bonds is 5. The lowest BCUT2D eigenvalue weighted by atomic mass is 10.1. The highest BCUT2D eigenvalue weighted by Crippen LogP contribution is 2.26. The molecule has 0 aliphatic carbocycles. The minimum absolute atomic E-state index is 0.0300. The maximum Gasteiger partial charge on any atom is 0.573 e. The van der Waals surface area contributed by atoms with Gasteiger partial charge in [0.2, 0.25) is 0 Å². The minimum atomic E-state index is -4.69. The van der Waals surface area contributed by atoms with Crippen LogP contribution in [0.3, 0.4) is 0 Å². The van der Waals surface area contributed by atoms with Crippen molar-refractivity contribution in [1.82, 2.24) is 10.3 Å². The average molecular weight is 296 g/mol. The van der Waals surface area contributed by atoms with Crippen molar-refractivity contribution in [1.29, 1.82) is 0 Å². The molecule has 1 N–H and O–H groups in total. The summed E-state index contributed by atoms with van der Waals surface area (Å²) in [6, 6.07) is 9.78. The van der Waals surface area contributed by atoms with E-state index in [0.717, 1.165) is 5.56 Å². The van der Waals surface area contributed by atoms with Crippen LogP contribution in [0, 0.1) is 0 Å². The highest BCUT2D eigenvalue weighted by molar-refractivity contribution is 5.33. The second kappa shape index (κ2) is 6.58. The topological polar surface area (TPSA) is 34.1 Å². The largest absolute Gasteiger partial charge is 0.573 e. The van der Waals surface area contributed by atoms with Crippen molar-refractivity contribution in [2.45, 2.75) is 25.9 Å². The van der Waals surface area contributed by atoms with Crippen LogP contribution in [0.15, 0.2) is 48.8 Å². The fraction of sp³-hybridized carbons (Fsp3) is 0.267. The molecule has 1 aromatic heterocycles. The molecule has 1 heterocycles. The van der Waals surface area contributed by atoms with E-state index in [2.05, 4.69) is 15.0 Å². The van der Waals surface area contributed by atoms with Gasteiger partial charge in [-0.05, 0) is 24.6 Å². The maximum atomic E-state index is 12.3. The molecule has 3 nitrogen and oxygen atoms in total. The van der Waals surface area contributed by atoms with Crippen LogP contribution in [0.25, 0.3) is 0 Å². The fourth-order valence-electron chi connectivity index (χ4n) is 1.89. The van der Waals surface area contributed by atoms with Crippen LogP contribution in [0.2, 0.25) is 0 Å². The van der Waals surface area contributed by atoms with Crippen molar-refractivity contribution in [2.75, 3.05) is 0 Å². The van der Waals surface area contributed by atoms with E-state index < -0.39 is 6.36 Å². The van der Waals surface area contributed by atoms with Gasteiger partial charge in [-0.2, -0.15) is 0 Å². The van der Waals surface area contributed by atoms with Gasteiger partial charge >= 0.3 is 6.36 Å². The number of halogens is 3. The number of alkyl halides is 3. The van der Waals surface area contributed by atoms with Gasteiger partial charge in [-0.25, -0.2) is 0 Å². The summed E-state index contributed by atoms with van der Waals surface area (Å²) in [5, 5.41) is 3.15. The molecule has 0 aliphatic heterocycles. The van der Waals surface area contributed by atoms with E-state index in [-0.39, 0.29) is 18.3 Å². The summed E-state index contributed by atoms with van der Waals surface area (Å²) < 4.78 is 41.0. The molecule has 0 amide bonds. The molecule has 0 saturated heterocycles. The van der Waals surface area contributed by atoms with Gasteiger partial charge in [0, 0.05) is 30.5 Å². The number of ether oxygens (including phenoxy) is 1. The average Bonchev–Trinajstić information content (AvgIpc) is 2.45. The smallest absolute Gasteiger partial charge is 0.405 e. The van der Waals surface area contributed by atoms with Crippen LogP contribution >= 0.6 is 0 Å². The molecular weight excluding hydrogens is 281 g/mol. The zero-order valence-corrected chi connectivity index (χ0v) is 11.4. The summed E-state index contributed by atoms with van der Waals surface area (Å²) in [6.07, 6.45) is -1.30. The lowest BCUT2D eigenvalue weighted by molar-refractivity contribution is -0.274. The number of nitrogens with one attached hydrogen (secondary N) is 1. The van der Waals surface area contributed by atoms with Gasteiger partial charge in [-0.3, -0.25) is 4.98 Å². The lowest BCUT2D eigenvalue weighted by Gasteiger charge is -2.17. The molecule has 0 radical (unpaired) electrons. The van der Waals surface area contributed by atoms with E-state index in [0.29, 0.717) is 5.56 Å². The molecule has 6 heteroatoms. The Morgan fingerprint density at radius 3 is 2.62 bits per heavy atom. The Hall–Kier alpha value is -2.08. The number of pyridine rings is 1. The summed E-state index contributed by atoms with van der Waals surface area (Å²) >= 11 is 0. The van der Waals surface area contributed by atoms with Crippen LogP contribution in [-0.4, -0.2) is 11.3 Å². The van der Waals surface area contributed by atoms with Crippen molar-refractivity contribution in [3.05, 3.63) is 59.9 Å². The van der Waals surface area contributed by atoms with Crippen LogP contribution in [0.4, 0.5) is 13.2 Å². The summed E-state index contributed by atoms with van der Waals surface area (Å²) in [6.45, 7) is 2.19. The maximum absolute atomic E-state index is 12.3. The number of nitrogens with zero attached hydrogens (tertiary/aromatic N) is 1. The van der Waals surface area contributed by atoms with Crippen molar-refractivity contribution in [2.24, 2.45) is 0 Å². The van der Waals surface area contributed by atoms with Gasteiger partial charge in [0.05, 0.1) is 0 Å². The summed E-state index contributed by atoms with van der Waals surface area (Å²) in [5.41, 5.74) is 1.41. The Labute approximate surface area is 120 Å². The van der Waals surface area contributed by atoms with Gasteiger partial charge in [0.1, 0.15) is 5.75 Å². The first-order chi connectivity index (χ1) is 9.96. The van der Waals surface area contributed by atoms with Crippen LogP contribution in [0.1, 0.15) is 24.1 Å². The SMILES string of the molecule is C[C@@H](NCc1ccccc1OC(F)(F)F)c1cccnc1. The van der Waals surface area contributed by atoms with Gasteiger partial charge < -0.3 is 10.1 Å². The quantitative estimate of drug-likeness (QED) is 0.910. The first-order valence-electron chi connectivity index (χ1n) is 6.42. The molecule has 0 saturated carbocycles. The third-order valence-electron chi connectivity index (χ3n) is 2.98. The van der Waals surface area contributed by atoms with E-state index in [1.807, 2.05) is 19.1 Å². The van der Waals surface area contributed by atoms with Gasteiger partial charge in [-0.15, -0.1) is 13.2 Å². The predicted octanol–water partition coefficient (Wildman–Crippen LogP) is 3.83. The van der Waals surface area contributed by atoms with Crippen LogP contribution < -0.4 is 10.1 Å². The molecule has 0 fully saturated rings. The number of hydrogen-bond donors (Lipinski definition) is 1. The van der Waals surface area contributed by atoms with E-state index in [4.69, 9.17) is 0 Å². The molecule has 2 aromatic rings. The zero-order valence-electron chi connectivity index (χ0n) is 11.4. The number of benzene rings is 1. The third kappa shape index (κ3) is 4.75. The van der Waals surface area contributed by atoms with Crippen molar-refractivity contribution < 1.29 is 17.9 Å². The first kappa shape index (κ1) is 15.3.